The first kappa shape index (κ1) is 25.1. The molecule has 35 heavy (non-hydrogen) atoms. The predicted octanol–water partition coefficient (Wildman–Crippen LogP) is 3.80. The molecule has 9 nitrogen and oxygen atoms in total. The van der Waals surface area contributed by atoms with Crippen molar-refractivity contribution in [1.82, 2.24) is 9.55 Å². The van der Waals surface area contributed by atoms with Crippen molar-refractivity contribution in [1.29, 1.82) is 0 Å². The van der Waals surface area contributed by atoms with Gasteiger partial charge in [-0.25, -0.2) is 9.78 Å². The number of rotatable bonds is 3. The highest BCUT2D eigenvalue weighted by Gasteiger charge is 2.43. The molecule has 0 unspecified atom stereocenters. The second-order valence-electron chi connectivity index (χ2n) is 9.40. The number of ether oxygens (including phenoxy) is 5. The lowest BCUT2D eigenvalue weighted by Gasteiger charge is -2.21. The number of hydrogen-bond donors (Lipinski definition) is 0. The van der Waals surface area contributed by atoms with Gasteiger partial charge in [-0.3, -0.25) is 4.79 Å². The summed E-state index contributed by atoms with van der Waals surface area (Å²) in [6.45, 7) is 7.21. The van der Waals surface area contributed by atoms with Gasteiger partial charge in [-0.15, -0.1) is 0 Å². The standard InChI is InChI=1S/C26H32N2O7/c1-15-10-11-19(29)24-20(34-26(3,4)35-24)9-7-8-17-22(25(30)33-16(15)2)21(32-14-31-6)12-18-23(17)27-13-28(18)5/h7-8,10-13,15-16,20,24H,9,14H2,1-6H3/b8-7+,11-10-/t15-,16+,20-,24-/m1/s1. The lowest BCUT2D eigenvalue weighted by Crippen LogP contribution is -2.30. The molecule has 1 fully saturated rings. The molecule has 9 heteroatoms. The van der Waals surface area contributed by atoms with Crippen molar-refractivity contribution in [2.45, 2.75) is 58.2 Å². The summed E-state index contributed by atoms with van der Waals surface area (Å²) in [6, 6.07) is 1.76. The number of fused-ring (bicyclic) bond motifs is 4. The molecule has 1 saturated heterocycles. The first-order valence-electron chi connectivity index (χ1n) is 11.7. The largest absolute Gasteiger partial charge is 0.467 e. The van der Waals surface area contributed by atoms with Crippen LogP contribution >= 0.6 is 0 Å². The molecule has 2 aliphatic rings. The van der Waals surface area contributed by atoms with Gasteiger partial charge in [0.05, 0.1) is 23.5 Å². The predicted molar refractivity (Wildman–Crippen MR) is 129 cm³/mol. The minimum Gasteiger partial charge on any atom is -0.467 e. The lowest BCUT2D eigenvalue weighted by molar-refractivity contribution is -0.152. The molecule has 0 radical (unpaired) electrons. The molecular formula is C26H32N2O7. The van der Waals surface area contributed by atoms with Crippen LogP contribution in [0.5, 0.6) is 5.75 Å². The molecule has 0 spiro atoms. The number of methoxy groups -OCH3 is 1. The first-order chi connectivity index (χ1) is 16.6. The van der Waals surface area contributed by atoms with Gasteiger partial charge in [0.1, 0.15) is 23.5 Å². The van der Waals surface area contributed by atoms with E-state index in [4.69, 9.17) is 23.7 Å². The van der Waals surface area contributed by atoms with E-state index in [2.05, 4.69) is 4.98 Å². The Kier molecular flexibility index (Phi) is 7.12. The van der Waals surface area contributed by atoms with Crippen molar-refractivity contribution in [2.24, 2.45) is 13.0 Å². The van der Waals surface area contributed by atoms with Crippen LogP contribution in [-0.4, -0.2) is 59.3 Å². The summed E-state index contributed by atoms with van der Waals surface area (Å²) in [6.07, 6.45) is 7.25. The second-order valence-corrected chi connectivity index (χ2v) is 9.40. The van der Waals surface area contributed by atoms with Crippen molar-refractivity contribution in [3.63, 3.8) is 0 Å². The lowest BCUT2D eigenvalue weighted by atomic mass is 9.99. The van der Waals surface area contributed by atoms with E-state index in [1.165, 1.54) is 13.2 Å². The fraction of sp³-hybridized carbons (Fsp3) is 0.500. The number of ketones is 1. The Morgan fingerprint density at radius 3 is 2.71 bits per heavy atom. The molecule has 2 aliphatic heterocycles. The number of carbonyl (C=O) groups is 2. The Labute approximate surface area is 204 Å². The highest BCUT2D eigenvalue weighted by molar-refractivity contribution is 6.04. The highest BCUT2D eigenvalue weighted by Crippen LogP contribution is 2.35. The van der Waals surface area contributed by atoms with Crippen LogP contribution < -0.4 is 4.74 Å². The smallest absolute Gasteiger partial charge is 0.342 e. The van der Waals surface area contributed by atoms with Gasteiger partial charge in [0.2, 0.25) is 0 Å². The van der Waals surface area contributed by atoms with E-state index in [1.807, 2.05) is 24.6 Å². The van der Waals surface area contributed by atoms with Crippen molar-refractivity contribution in [2.75, 3.05) is 13.9 Å². The van der Waals surface area contributed by atoms with E-state index in [0.717, 1.165) is 5.52 Å². The van der Waals surface area contributed by atoms with Crippen LogP contribution in [0, 0.1) is 5.92 Å². The van der Waals surface area contributed by atoms with E-state index in [-0.39, 0.29) is 24.1 Å². The molecule has 188 valence electrons. The highest BCUT2D eigenvalue weighted by atomic mass is 16.8. The number of hydrogen-bond acceptors (Lipinski definition) is 8. The SMILES string of the molecule is COCOc1cc2c(ncn2C)c2c1C(=O)O[C@@H](C)[C@H](C)/C=C\C(=O)[C@H]1OC(C)(C)O[C@@H]1C/C=C/2. The molecule has 1 aromatic carbocycles. The molecule has 0 bridgehead atoms. The third kappa shape index (κ3) is 5.17. The maximum atomic E-state index is 13.5. The maximum absolute atomic E-state index is 13.5. The van der Waals surface area contributed by atoms with Gasteiger partial charge in [-0.2, -0.15) is 0 Å². The van der Waals surface area contributed by atoms with Crippen molar-refractivity contribution < 1.29 is 33.3 Å². The Morgan fingerprint density at radius 1 is 1.20 bits per heavy atom. The molecule has 0 N–H and O–H groups in total. The number of imidazole rings is 1. The zero-order valence-electron chi connectivity index (χ0n) is 20.9. The first-order valence-corrected chi connectivity index (χ1v) is 11.7. The monoisotopic (exact) mass is 484 g/mol. The van der Waals surface area contributed by atoms with Crippen molar-refractivity contribution in [3.05, 3.63) is 41.7 Å². The minimum absolute atomic E-state index is 0.0341. The van der Waals surface area contributed by atoms with Crippen LogP contribution in [-0.2, 0) is 30.8 Å². The van der Waals surface area contributed by atoms with Crippen LogP contribution in [0.25, 0.3) is 17.1 Å². The van der Waals surface area contributed by atoms with Crippen LogP contribution in [0.15, 0.2) is 30.6 Å². The number of aryl methyl sites for hydroxylation is 1. The van der Waals surface area contributed by atoms with Gasteiger partial charge in [-0.05, 0) is 33.3 Å². The Hall–Kier alpha value is -3.01. The Balaban J connectivity index is 1.86. The molecule has 1 aromatic heterocycles. The summed E-state index contributed by atoms with van der Waals surface area (Å²) in [5, 5.41) is 0. The summed E-state index contributed by atoms with van der Waals surface area (Å²) in [4.78, 5) is 30.9. The number of aromatic nitrogens is 2. The van der Waals surface area contributed by atoms with Crippen LogP contribution in [0.3, 0.4) is 0 Å². The van der Waals surface area contributed by atoms with Crippen molar-refractivity contribution >= 4 is 28.9 Å². The number of cyclic esters (lactones) is 1. The molecule has 0 amide bonds. The summed E-state index contributed by atoms with van der Waals surface area (Å²) in [5.74, 6) is -1.49. The molecule has 2 aromatic rings. The van der Waals surface area contributed by atoms with Gasteiger partial charge in [-0.1, -0.05) is 25.2 Å². The molecule has 0 saturated carbocycles. The summed E-state index contributed by atoms with van der Waals surface area (Å²) in [7, 11) is 3.38. The van der Waals surface area contributed by atoms with Gasteiger partial charge in [0.25, 0.3) is 0 Å². The van der Waals surface area contributed by atoms with Crippen LogP contribution in [0.1, 0.15) is 50.0 Å². The number of nitrogens with zero attached hydrogens (tertiary/aromatic N) is 2. The fourth-order valence-electron chi connectivity index (χ4n) is 4.28. The molecule has 0 aliphatic carbocycles. The van der Waals surface area contributed by atoms with Crippen molar-refractivity contribution in [3.8, 4) is 5.75 Å². The Bertz CT molecular complexity index is 1180. The maximum Gasteiger partial charge on any atom is 0.342 e. The zero-order chi connectivity index (χ0) is 25.3. The third-order valence-corrected chi connectivity index (χ3v) is 6.27. The summed E-state index contributed by atoms with van der Waals surface area (Å²) >= 11 is 0. The topological polar surface area (TPSA) is 98.1 Å². The minimum atomic E-state index is -0.883. The van der Waals surface area contributed by atoms with E-state index in [9.17, 15) is 9.59 Å². The summed E-state index contributed by atoms with van der Waals surface area (Å²) in [5.41, 5.74) is 2.24. The summed E-state index contributed by atoms with van der Waals surface area (Å²) < 4.78 is 30.5. The third-order valence-electron chi connectivity index (χ3n) is 6.27. The van der Waals surface area contributed by atoms with E-state index >= 15 is 0 Å². The quantitative estimate of drug-likeness (QED) is 0.479. The average molecular weight is 485 g/mol. The zero-order valence-corrected chi connectivity index (χ0v) is 20.9. The van der Waals surface area contributed by atoms with E-state index in [1.54, 1.807) is 45.3 Å². The van der Waals surface area contributed by atoms with Crippen LogP contribution in [0.4, 0.5) is 0 Å². The molecule has 3 heterocycles. The molecule has 4 atom stereocenters. The van der Waals surface area contributed by atoms with Gasteiger partial charge in [0, 0.05) is 31.7 Å². The number of benzene rings is 1. The molecular weight excluding hydrogens is 452 g/mol. The fourth-order valence-corrected chi connectivity index (χ4v) is 4.28. The number of esters is 1. The van der Waals surface area contributed by atoms with E-state index in [0.29, 0.717) is 23.3 Å². The van der Waals surface area contributed by atoms with Gasteiger partial charge < -0.3 is 28.3 Å². The van der Waals surface area contributed by atoms with Crippen LogP contribution in [0.2, 0.25) is 0 Å². The second kappa shape index (κ2) is 9.93. The Morgan fingerprint density at radius 2 is 1.97 bits per heavy atom. The normalized spacial score (nSPS) is 28.6. The number of carbonyl (C=O) groups excluding carboxylic acids is 2. The molecule has 4 rings (SSSR count). The van der Waals surface area contributed by atoms with Gasteiger partial charge in [0.15, 0.2) is 18.4 Å². The van der Waals surface area contributed by atoms with Gasteiger partial charge >= 0.3 is 5.97 Å². The van der Waals surface area contributed by atoms with E-state index < -0.39 is 30.1 Å². The average Bonchev–Trinajstić information content (AvgIpc) is 3.33.